The van der Waals surface area contributed by atoms with Crippen molar-refractivity contribution in [1.29, 1.82) is 0 Å². The summed E-state index contributed by atoms with van der Waals surface area (Å²) in [5.74, 6) is -1.80. The molecule has 1 unspecified atom stereocenters. The van der Waals surface area contributed by atoms with Gasteiger partial charge >= 0.3 is 5.97 Å². The van der Waals surface area contributed by atoms with Gasteiger partial charge in [0.2, 0.25) is 11.8 Å². The zero-order valence-electron chi connectivity index (χ0n) is 14.0. The number of carboxylic acids is 1. The second kappa shape index (κ2) is 7.77. The van der Waals surface area contributed by atoms with Gasteiger partial charge in [0.15, 0.2) is 5.69 Å². The normalized spacial score (nSPS) is 16.9. The molecule has 3 rings (SSSR count). The van der Waals surface area contributed by atoms with Gasteiger partial charge in [-0.3, -0.25) is 9.59 Å². The Labute approximate surface area is 149 Å². The highest BCUT2D eigenvalue weighted by Crippen LogP contribution is 2.19. The van der Waals surface area contributed by atoms with Gasteiger partial charge in [0.25, 0.3) is 0 Å². The van der Waals surface area contributed by atoms with Crippen LogP contribution in [0.25, 0.3) is 0 Å². The van der Waals surface area contributed by atoms with E-state index in [0.717, 1.165) is 18.5 Å². The number of carbonyl (C=O) groups excluding carboxylic acids is 2. The Bertz CT molecular complexity index is 804. The van der Waals surface area contributed by atoms with Crippen molar-refractivity contribution in [3.05, 3.63) is 42.2 Å². The molecular weight excluding hydrogens is 338 g/mol. The van der Waals surface area contributed by atoms with Gasteiger partial charge in [-0.15, -0.1) is 5.10 Å². The van der Waals surface area contributed by atoms with Crippen molar-refractivity contribution >= 4 is 23.5 Å². The first-order valence-corrected chi connectivity index (χ1v) is 8.30. The van der Waals surface area contributed by atoms with E-state index in [4.69, 9.17) is 5.11 Å². The number of carbonyl (C=O) groups is 3. The predicted octanol–water partition coefficient (Wildman–Crippen LogP) is 0.854. The van der Waals surface area contributed by atoms with E-state index in [0.29, 0.717) is 13.1 Å². The van der Waals surface area contributed by atoms with E-state index in [9.17, 15) is 14.4 Å². The maximum atomic E-state index is 12.4. The van der Waals surface area contributed by atoms with Crippen LogP contribution in [-0.4, -0.2) is 55.9 Å². The maximum Gasteiger partial charge on any atom is 0.358 e. The molecule has 26 heavy (non-hydrogen) atoms. The van der Waals surface area contributed by atoms with Gasteiger partial charge in [0, 0.05) is 18.8 Å². The van der Waals surface area contributed by atoms with Crippen molar-refractivity contribution in [2.75, 3.05) is 18.4 Å². The highest BCUT2D eigenvalue weighted by Gasteiger charge is 2.28. The first kappa shape index (κ1) is 17.6. The van der Waals surface area contributed by atoms with Crippen LogP contribution in [0.4, 0.5) is 5.69 Å². The molecule has 2 heterocycles. The molecule has 1 fully saturated rings. The monoisotopic (exact) mass is 357 g/mol. The number of rotatable bonds is 5. The summed E-state index contributed by atoms with van der Waals surface area (Å²) in [6.45, 7) is 0.791. The van der Waals surface area contributed by atoms with Crippen molar-refractivity contribution < 1.29 is 19.5 Å². The summed E-state index contributed by atoms with van der Waals surface area (Å²) in [7, 11) is 0. The fourth-order valence-corrected chi connectivity index (χ4v) is 2.90. The fourth-order valence-electron chi connectivity index (χ4n) is 2.90. The van der Waals surface area contributed by atoms with Crippen molar-refractivity contribution in [3.8, 4) is 0 Å². The minimum atomic E-state index is -1.20. The number of aromatic nitrogens is 3. The molecule has 136 valence electrons. The van der Waals surface area contributed by atoms with E-state index < -0.39 is 5.97 Å². The van der Waals surface area contributed by atoms with Gasteiger partial charge in [0.1, 0.15) is 6.54 Å². The Morgan fingerprint density at radius 2 is 2.00 bits per heavy atom. The molecule has 9 nitrogen and oxygen atoms in total. The molecule has 0 bridgehead atoms. The minimum Gasteiger partial charge on any atom is -0.476 e. The van der Waals surface area contributed by atoms with E-state index in [-0.39, 0.29) is 30.0 Å². The fraction of sp³-hybridized carbons (Fsp3) is 0.353. The Kier molecular flexibility index (Phi) is 5.26. The van der Waals surface area contributed by atoms with Crippen LogP contribution in [0.1, 0.15) is 23.3 Å². The molecule has 0 saturated carbocycles. The van der Waals surface area contributed by atoms with Crippen LogP contribution in [-0.2, 0) is 16.1 Å². The Balaban J connectivity index is 1.57. The lowest BCUT2D eigenvalue weighted by molar-refractivity contribution is -0.135. The number of piperidine rings is 1. The van der Waals surface area contributed by atoms with Crippen molar-refractivity contribution in [3.63, 3.8) is 0 Å². The number of nitrogens with one attached hydrogen (secondary N) is 1. The van der Waals surface area contributed by atoms with E-state index in [2.05, 4.69) is 15.6 Å². The largest absolute Gasteiger partial charge is 0.476 e. The summed E-state index contributed by atoms with van der Waals surface area (Å²) >= 11 is 0. The molecule has 1 aliphatic heterocycles. The number of hydrogen-bond acceptors (Lipinski definition) is 5. The van der Waals surface area contributed by atoms with Gasteiger partial charge < -0.3 is 15.3 Å². The van der Waals surface area contributed by atoms with Gasteiger partial charge in [-0.25, -0.2) is 9.48 Å². The van der Waals surface area contributed by atoms with E-state index in [1.165, 1.54) is 10.9 Å². The molecule has 2 amide bonds. The van der Waals surface area contributed by atoms with Gasteiger partial charge in [0.05, 0.1) is 12.1 Å². The second-order valence-corrected chi connectivity index (χ2v) is 6.14. The lowest BCUT2D eigenvalue weighted by Gasteiger charge is -2.32. The van der Waals surface area contributed by atoms with Crippen molar-refractivity contribution in [2.24, 2.45) is 5.92 Å². The zero-order chi connectivity index (χ0) is 18.5. The van der Waals surface area contributed by atoms with Crippen LogP contribution in [0.5, 0.6) is 0 Å². The topological polar surface area (TPSA) is 117 Å². The predicted molar refractivity (Wildman–Crippen MR) is 91.4 cm³/mol. The summed E-state index contributed by atoms with van der Waals surface area (Å²) in [6, 6.07) is 9.19. The van der Waals surface area contributed by atoms with Crippen LogP contribution >= 0.6 is 0 Å². The zero-order valence-corrected chi connectivity index (χ0v) is 14.0. The van der Waals surface area contributed by atoms with E-state index >= 15 is 0 Å². The number of nitrogens with zero attached hydrogens (tertiary/aromatic N) is 4. The second-order valence-electron chi connectivity index (χ2n) is 6.14. The number of hydrogen-bond donors (Lipinski definition) is 2. The molecule has 1 aliphatic rings. The summed E-state index contributed by atoms with van der Waals surface area (Å²) < 4.78 is 1.19. The van der Waals surface area contributed by atoms with Gasteiger partial charge in [-0.1, -0.05) is 23.4 Å². The number of likely N-dealkylation sites (tertiary alicyclic amines) is 1. The summed E-state index contributed by atoms with van der Waals surface area (Å²) in [5, 5.41) is 18.8. The first-order valence-electron chi connectivity index (χ1n) is 8.30. The average molecular weight is 357 g/mol. The molecule has 1 atom stereocenters. The number of carboxylic acid groups (broad SMARTS) is 1. The number of amides is 2. The summed E-state index contributed by atoms with van der Waals surface area (Å²) in [5.41, 5.74) is 0.515. The van der Waals surface area contributed by atoms with Crippen LogP contribution in [0, 0.1) is 5.92 Å². The summed E-state index contributed by atoms with van der Waals surface area (Å²) in [6.07, 6.45) is 2.66. The first-order chi connectivity index (χ1) is 12.5. The molecule has 1 aromatic heterocycles. The average Bonchev–Trinajstić information content (AvgIpc) is 3.11. The summed E-state index contributed by atoms with van der Waals surface area (Å²) in [4.78, 5) is 37.3. The van der Waals surface area contributed by atoms with Crippen LogP contribution in [0.3, 0.4) is 0 Å². The molecule has 0 radical (unpaired) electrons. The molecule has 0 spiro atoms. The lowest BCUT2D eigenvalue weighted by atomic mass is 9.97. The highest BCUT2D eigenvalue weighted by molar-refractivity contribution is 5.93. The third-order valence-corrected chi connectivity index (χ3v) is 4.24. The van der Waals surface area contributed by atoms with Crippen LogP contribution < -0.4 is 5.32 Å². The number of aromatic carboxylic acids is 1. The minimum absolute atomic E-state index is 0.104. The molecule has 1 aromatic carbocycles. The number of benzene rings is 1. The Morgan fingerprint density at radius 1 is 1.23 bits per heavy atom. The van der Waals surface area contributed by atoms with E-state index in [1.807, 2.05) is 30.3 Å². The number of para-hydroxylation sites is 1. The van der Waals surface area contributed by atoms with Crippen LogP contribution in [0.2, 0.25) is 0 Å². The third kappa shape index (κ3) is 4.24. The lowest BCUT2D eigenvalue weighted by Crippen LogP contribution is -2.45. The maximum absolute atomic E-state index is 12.4. The number of anilines is 1. The molecule has 2 N–H and O–H groups in total. The smallest absolute Gasteiger partial charge is 0.358 e. The Hall–Kier alpha value is -3.23. The van der Waals surface area contributed by atoms with E-state index in [1.54, 1.807) is 4.90 Å². The van der Waals surface area contributed by atoms with Gasteiger partial charge in [-0.2, -0.15) is 0 Å². The van der Waals surface area contributed by atoms with Gasteiger partial charge in [-0.05, 0) is 25.0 Å². The standard InChI is InChI=1S/C17H19N5O4/c23-15(11-22-10-14(17(25)26)19-20-22)21-8-4-5-12(9-21)16(24)18-13-6-2-1-3-7-13/h1-3,6-7,10,12H,4-5,8-9,11H2,(H,18,24)(H,25,26). The highest BCUT2D eigenvalue weighted by atomic mass is 16.4. The molecule has 2 aromatic rings. The SMILES string of the molecule is O=C(O)c1cn(CC(=O)N2CCCC(C(=O)Nc3ccccc3)C2)nn1. The molecule has 1 saturated heterocycles. The van der Waals surface area contributed by atoms with Crippen LogP contribution in [0.15, 0.2) is 36.5 Å². The molecule has 0 aliphatic carbocycles. The third-order valence-electron chi connectivity index (χ3n) is 4.24. The van der Waals surface area contributed by atoms with Crippen molar-refractivity contribution in [2.45, 2.75) is 19.4 Å². The molecular formula is C17H19N5O4. The van der Waals surface area contributed by atoms with Crippen molar-refractivity contribution in [1.82, 2.24) is 19.9 Å². The quantitative estimate of drug-likeness (QED) is 0.819. The Morgan fingerprint density at radius 3 is 2.69 bits per heavy atom. The molecule has 9 heteroatoms.